The van der Waals surface area contributed by atoms with E-state index in [1.807, 2.05) is 0 Å². The van der Waals surface area contributed by atoms with Crippen LogP contribution >= 0.6 is 23.5 Å². The molecule has 2 aromatic rings. The molecule has 1 saturated heterocycles. The minimum atomic E-state index is -2.51. The third kappa shape index (κ3) is 5.08. The molecule has 3 amide bonds. The van der Waals surface area contributed by atoms with Crippen LogP contribution in [0, 0.1) is 0 Å². The predicted molar refractivity (Wildman–Crippen MR) is 101 cm³/mol. The largest absolute Gasteiger partial charge is 0.322 e. The van der Waals surface area contributed by atoms with Crippen molar-refractivity contribution in [3.63, 3.8) is 0 Å². The number of nitrogens with zero attached hydrogens (tertiary/aromatic N) is 1. The summed E-state index contributed by atoms with van der Waals surface area (Å²) in [5, 5.41) is 2.45. The summed E-state index contributed by atoms with van der Waals surface area (Å²) in [7, 11) is 0. The molecule has 1 aliphatic rings. The molecule has 1 aliphatic heterocycles. The molecule has 0 spiro atoms. The number of hydrogen-bond acceptors (Lipinski definition) is 5. The van der Waals surface area contributed by atoms with Crippen LogP contribution in [0.3, 0.4) is 0 Å². The second-order valence-electron chi connectivity index (χ2n) is 5.59. The topological polar surface area (TPSA) is 66.5 Å². The summed E-state index contributed by atoms with van der Waals surface area (Å²) in [4.78, 5) is 37.0. The molecule has 1 heterocycles. The number of amides is 3. The Labute approximate surface area is 162 Å². The average Bonchev–Trinajstić information content (AvgIpc) is 2.95. The number of halogens is 2. The highest BCUT2D eigenvalue weighted by atomic mass is 32.2. The molecule has 0 bridgehead atoms. The van der Waals surface area contributed by atoms with Gasteiger partial charge in [0.1, 0.15) is 0 Å². The van der Waals surface area contributed by atoms with Crippen LogP contribution in [0.1, 0.15) is 15.9 Å². The van der Waals surface area contributed by atoms with Crippen LogP contribution in [0.5, 0.6) is 0 Å². The zero-order valence-electron chi connectivity index (χ0n) is 13.9. The molecule has 3 rings (SSSR count). The first-order chi connectivity index (χ1) is 12.9. The third-order valence-electron chi connectivity index (χ3n) is 3.73. The van der Waals surface area contributed by atoms with E-state index in [-0.39, 0.29) is 29.4 Å². The van der Waals surface area contributed by atoms with E-state index in [4.69, 9.17) is 0 Å². The summed E-state index contributed by atoms with van der Waals surface area (Å²) in [6, 6.07) is 12.7. The van der Waals surface area contributed by atoms with Crippen LogP contribution in [0.4, 0.5) is 19.3 Å². The number of hydrogen-bond donors (Lipinski definition) is 1. The Kier molecular flexibility index (Phi) is 6.12. The maximum Gasteiger partial charge on any atom is 0.289 e. The molecule has 1 N–H and O–H groups in total. The minimum absolute atomic E-state index is 0.168. The van der Waals surface area contributed by atoms with Gasteiger partial charge in [0, 0.05) is 16.1 Å². The SMILES string of the molecule is O=C(Nc1ccc(CN2C(=O)CSC2=O)cc1)c1ccc(SC(F)F)cc1. The number of thioether (sulfide) groups is 2. The predicted octanol–water partition coefficient (Wildman–Crippen LogP) is 4.45. The van der Waals surface area contributed by atoms with Crippen molar-refractivity contribution in [2.75, 3.05) is 11.1 Å². The lowest BCUT2D eigenvalue weighted by Crippen LogP contribution is -2.27. The van der Waals surface area contributed by atoms with Crippen molar-refractivity contribution in [2.24, 2.45) is 0 Å². The van der Waals surface area contributed by atoms with Crippen LogP contribution in [-0.4, -0.2) is 33.5 Å². The zero-order valence-corrected chi connectivity index (χ0v) is 15.5. The molecule has 140 valence electrons. The van der Waals surface area contributed by atoms with E-state index >= 15 is 0 Å². The number of rotatable bonds is 6. The second-order valence-corrected chi connectivity index (χ2v) is 7.58. The van der Waals surface area contributed by atoms with Crippen LogP contribution in [0.25, 0.3) is 0 Å². The first-order valence-corrected chi connectivity index (χ1v) is 9.71. The Hall–Kier alpha value is -2.39. The summed E-state index contributed by atoms with van der Waals surface area (Å²) in [5.74, 6) is -2.91. The van der Waals surface area contributed by atoms with Crippen molar-refractivity contribution in [3.8, 4) is 0 Å². The highest BCUT2D eigenvalue weighted by molar-refractivity contribution is 8.14. The third-order valence-corrected chi connectivity index (χ3v) is 5.32. The molecule has 9 heteroatoms. The maximum absolute atomic E-state index is 12.3. The number of imide groups is 1. The van der Waals surface area contributed by atoms with Gasteiger partial charge in [-0.3, -0.25) is 19.3 Å². The molecule has 1 fully saturated rings. The van der Waals surface area contributed by atoms with Gasteiger partial charge in [-0.1, -0.05) is 35.7 Å². The van der Waals surface area contributed by atoms with E-state index < -0.39 is 5.76 Å². The highest BCUT2D eigenvalue weighted by Gasteiger charge is 2.29. The maximum atomic E-state index is 12.3. The molecular weight excluding hydrogens is 394 g/mol. The molecule has 0 unspecified atom stereocenters. The monoisotopic (exact) mass is 408 g/mol. The lowest BCUT2D eigenvalue weighted by Gasteiger charge is -2.13. The molecule has 0 aliphatic carbocycles. The Morgan fingerprint density at radius 1 is 1.11 bits per heavy atom. The average molecular weight is 408 g/mol. The van der Waals surface area contributed by atoms with E-state index in [0.717, 1.165) is 17.3 Å². The lowest BCUT2D eigenvalue weighted by atomic mass is 10.1. The molecule has 2 aromatic carbocycles. The number of anilines is 1. The van der Waals surface area contributed by atoms with E-state index in [1.54, 1.807) is 24.3 Å². The normalized spacial score (nSPS) is 14.1. The molecular formula is C18H14F2N2O3S2. The number of benzene rings is 2. The van der Waals surface area contributed by atoms with Gasteiger partial charge in [-0.25, -0.2) is 0 Å². The summed E-state index contributed by atoms with van der Waals surface area (Å²) in [5.41, 5.74) is 1.66. The van der Waals surface area contributed by atoms with Crippen molar-refractivity contribution in [1.82, 2.24) is 4.90 Å². The van der Waals surface area contributed by atoms with Gasteiger partial charge in [0.15, 0.2) is 0 Å². The van der Waals surface area contributed by atoms with Crippen LogP contribution in [0.15, 0.2) is 53.4 Å². The van der Waals surface area contributed by atoms with Gasteiger partial charge in [0.05, 0.1) is 12.3 Å². The van der Waals surface area contributed by atoms with Crippen LogP contribution in [0.2, 0.25) is 0 Å². The van der Waals surface area contributed by atoms with Crippen molar-refractivity contribution >= 4 is 46.3 Å². The molecule has 0 atom stereocenters. The molecule has 0 radical (unpaired) electrons. The van der Waals surface area contributed by atoms with Gasteiger partial charge >= 0.3 is 0 Å². The van der Waals surface area contributed by atoms with Crippen molar-refractivity contribution in [2.45, 2.75) is 17.2 Å². The first-order valence-electron chi connectivity index (χ1n) is 7.84. The van der Waals surface area contributed by atoms with Gasteiger partial charge < -0.3 is 5.32 Å². The molecule has 0 aromatic heterocycles. The highest BCUT2D eigenvalue weighted by Crippen LogP contribution is 2.25. The van der Waals surface area contributed by atoms with Crippen molar-refractivity contribution < 1.29 is 23.2 Å². The Morgan fingerprint density at radius 2 is 1.78 bits per heavy atom. The van der Waals surface area contributed by atoms with Gasteiger partial charge in [-0.2, -0.15) is 8.78 Å². The van der Waals surface area contributed by atoms with E-state index in [9.17, 15) is 23.2 Å². The number of alkyl halides is 2. The van der Waals surface area contributed by atoms with E-state index in [0.29, 0.717) is 27.9 Å². The smallest absolute Gasteiger partial charge is 0.289 e. The Bertz CT molecular complexity index is 842. The molecule has 0 saturated carbocycles. The van der Waals surface area contributed by atoms with Gasteiger partial charge in [-0.05, 0) is 42.0 Å². The van der Waals surface area contributed by atoms with Gasteiger partial charge in [-0.15, -0.1) is 0 Å². The first kappa shape index (κ1) is 19.4. The summed E-state index contributed by atoms with van der Waals surface area (Å²) in [6.45, 7) is 0.197. The lowest BCUT2D eigenvalue weighted by molar-refractivity contribution is -0.125. The van der Waals surface area contributed by atoms with Gasteiger partial charge in [0.2, 0.25) is 5.91 Å². The Morgan fingerprint density at radius 3 is 2.33 bits per heavy atom. The minimum Gasteiger partial charge on any atom is -0.322 e. The number of carbonyl (C=O) groups excluding carboxylic acids is 3. The number of nitrogens with one attached hydrogen (secondary N) is 1. The zero-order chi connectivity index (χ0) is 19.4. The fourth-order valence-corrected chi connectivity index (χ4v) is 3.62. The van der Waals surface area contributed by atoms with E-state index in [1.165, 1.54) is 29.2 Å². The van der Waals surface area contributed by atoms with E-state index in [2.05, 4.69) is 5.32 Å². The second kappa shape index (κ2) is 8.53. The molecule has 27 heavy (non-hydrogen) atoms. The summed E-state index contributed by atoms with van der Waals surface area (Å²) in [6.07, 6.45) is 0. The molecule has 5 nitrogen and oxygen atoms in total. The fraction of sp³-hybridized carbons (Fsp3) is 0.167. The van der Waals surface area contributed by atoms with Crippen LogP contribution < -0.4 is 5.32 Å². The van der Waals surface area contributed by atoms with Crippen molar-refractivity contribution in [3.05, 3.63) is 59.7 Å². The fourth-order valence-electron chi connectivity index (χ4n) is 2.40. The summed E-state index contributed by atoms with van der Waals surface area (Å²) >= 11 is 1.40. The Balaban J connectivity index is 1.60. The summed E-state index contributed by atoms with van der Waals surface area (Å²) < 4.78 is 24.6. The van der Waals surface area contributed by atoms with Crippen molar-refractivity contribution in [1.29, 1.82) is 0 Å². The number of carbonyl (C=O) groups is 3. The van der Waals surface area contributed by atoms with Gasteiger partial charge in [0.25, 0.3) is 16.9 Å². The van der Waals surface area contributed by atoms with Crippen LogP contribution in [-0.2, 0) is 11.3 Å². The quantitative estimate of drug-likeness (QED) is 0.716. The standard InChI is InChI=1S/C18H14F2N2O3S2/c19-17(20)27-14-7-3-12(4-8-14)16(24)21-13-5-1-11(2-6-13)9-22-15(23)10-26-18(22)25/h1-8,17H,9-10H2,(H,21,24).